The van der Waals surface area contributed by atoms with Crippen LogP contribution >= 0.6 is 0 Å². The molecule has 2 radical (unpaired) electrons. The summed E-state index contributed by atoms with van der Waals surface area (Å²) in [5.74, 6) is 0. The lowest BCUT2D eigenvalue weighted by molar-refractivity contribution is 0.498. The van der Waals surface area contributed by atoms with Gasteiger partial charge in [-0.3, -0.25) is 0 Å². The van der Waals surface area contributed by atoms with Gasteiger partial charge in [0.25, 0.3) is 0 Å². The summed E-state index contributed by atoms with van der Waals surface area (Å²) in [4.78, 5) is 0. The highest BCUT2D eigenvalue weighted by Crippen LogP contribution is 1.97. The minimum absolute atomic E-state index is 0.781. The van der Waals surface area contributed by atoms with Gasteiger partial charge in [0.15, 0.2) is 9.68 Å². The predicted molar refractivity (Wildman–Crippen MR) is 64.8 cm³/mol. The number of benzene rings is 1. The van der Waals surface area contributed by atoms with Gasteiger partial charge in [-0.1, -0.05) is 50.8 Å². The molecule has 0 spiro atoms. The van der Waals surface area contributed by atoms with E-state index >= 15 is 0 Å². The summed E-state index contributed by atoms with van der Waals surface area (Å²) in [6.45, 7) is 10.4. The Kier molecular flexibility index (Phi) is 4.63. The predicted octanol–water partition coefficient (Wildman–Crippen LogP) is 1.92. The monoisotopic (exact) mass is 203 g/mol. The maximum atomic E-state index is 3.78. The van der Waals surface area contributed by atoms with Crippen LogP contribution in [0.5, 0.6) is 0 Å². The molecule has 1 rings (SSSR count). The average Bonchev–Trinajstić information content (AvgIpc) is 2.26. The van der Waals surface area contributed by atoms with E-state index in [-0.39, 0.29) is 0 Å². The van der Waals surface area contributed by atoms with E-state index in [0.29, 0.717) is 0 Å². The van der Waals surface area contributed by atoms with Crippen LogP contribution in [0.25, 0.3) is 6.08 Å². The fourth-order valence-electron chi connectivity index (χ4n) is 1.30. The van der Waals surface area contributed by atoms with E-state index in [9.17, 15) is 0 Å². The highest BCUT2D eigenvalue weighted by atomic mass is 28.2. The quantitative estimate of drug-likeness (QED) is 0.661. The molecule has 0 bridgehead atoms. The first-order valence-corrected chi connectivity index (χ1v) is 5.99. The Hall–Kier alpha value is -0.863. The van der Waals surface area contributed by atoms with Crippen molar-refractivity contribution in [1.29, 1.82) is 0 Å². The van der Waals surface area contributed by atoms with Crippen LogP contribution in [0, 0.1) is 0 Å². The number of hydrogen-bond donors (Lipinski definition) is 0. The largest absolute Gasteiger partial charge is 0.322 e. The lowest BCUT2D eigenvalue weighted by Gasteiger charge is -2.16. The smallest absolute Gasteiger partial charge is 0.182 e. The van der Waals surface area contributed by atoms with E-state index in [0.717, 1.165) is 22.8 Å². The molecule has 0 unspecified atom stereocenters. The van der Waals surface area contributed by atoms with Gasteiger partial charge in [-0.2, -0.15) is 0 Å². The third-order valence-electron chi connectivity index (χ3n) is 2.17. The van der Waals surface area contributed by atoms with E-state index in [2.05, 4.69) is 49.3 Å². The van der Waals surface area contributed by atoms with E-state index in [4.69, 9.17) is 0 Å². The van der Waals surface area contributed by atoms with Crippen molar-refractivity contribution in [3.63, 3.8) is 0 Å². The van der Waals surface area contributed by atoms with Crippen molar-refractivity contribution in [3.05, 3.63) is 36.4 Å². The second-order valence-electron chi connectivity index (χ2n) is 3.11. The summed E-state index contributed by atoms with van der Waals surface area (Å²) in [6.07, 6.45) is 1.90. The minimum atomic E-state index is 0.781. The molecule has 0 aromatic heterocycles. The number of rotatable bonds is 5. The maximum Gasteiger partial charge on any atom is 0.182 e. The van der Waals surface area contributed by atoms with Crippen molar-refractivity contribution in [2.24, 2.45) is 0 Å². The first-order valence-electron chi connectivity index (χ1n) is 5.04. The highest BCUT2D eigenvalue weighted by molar-refractivity contribution is 6.50. The Morgan fingerprint density at radius 2 is 2.07 bits per heavy atom. The molecular weight excluding hydrogens is 186 g/mol. The fourth-order valence-corrected chi connectivity index (χ4v) is 2.38. The maximum absolute atomic E-state index is 3.78. The lowest BCUT2D eigenvalue weighted by atomic mass is 10.2. The lowest BCUT2D eigenvalue weighted by Crippen LogP contribution is -2.35. The van der Waals surface area contributed by atoms with Gasteiger partial charge in [0.2, 0.25) is 0 Å². The van der Waals surface area contributed by atoms with Gasteiger partial charge in [-0.05, 0) is 23.8 Å². The minimum Gasteiger partial charge on any atom is -0.322 e. The SMILES string of the molecule is C=Cc1cccc([Si]N(CC)CC)c1. The van der Waals surface area contributed by atoms with Crippen LogP contribution in [0.2, 0.25) is 0 Å². The molecule has 0 heterocycles. The van der Waals surface area contributed by atoms with E-state index in [1.54, 1.807) is 0 Å². The van der Waals surface area contributed by atoms with Crippen molar-refractivity contribution in [1.82, 2.24) is 4.57 Å². The first-order chi connectivity index (χ1) is 6.80. The Bertz CT molecular complexity index is 292. The normalized spacial score (nSPS) is 10.5. The Morgan fingerprint density at radius 3 is 2.64 bits per heavy atom. The summed E-state index contributed by atoms with van der Waals surface area (Å²) in [6, 6.07) is 8.58. The molecule has 1 aromatic carbocycles. The van der Waals surface area contributed by atoms with Crippen LogP contribution < -0.4 is 5.19 Å². The van der Waals surface area contributed by atoms with Crippen molar-refractivity contribution in [3.8, 4) is 0 Å². The molecule has 0 fully saturated rings. The molecule has 0 aliphatic heterocycles. The van der Waals surface area contributed by atoms with Crippen molar-refractivity contribution in [2.75, 3.05) is 13.1 Å². The molecule has 0 saturated heterocycles. The molecule has 0 saturated carbocycles. The van der Waals surface area contributed by atoms with E-state index in [1.165, 1.54) is 10.8 Å². The summed E-state index contributed by atoms with van der Waals surface area (Å²) in [5.41, 5.74) is 1.21. The van der Waals surface area contributed by atoms with Gasteiger partial charge >= 0.3 is 0 Å². The topological polar surface area (TPSA) is 3.24 Å². The standard InChI is InChI=1S/C12H17NSi/c1-4-11-8-7-9-12(10-11)14-13(5-2)6-3/h4,7-10H,1,5-6H2,2-3H3. The Labute approximate surface area is 89.3 Å². The Balaban J connectivity index is 2.70. The van der Waals surface area contributed by atoms with Gasteiger partial charge < -0.3 is 4.57 Å². The summed E-state index contributed by atoms with van der Waals surface area (Å²) < 4.78 is 2.43. The van der Waals surface area contributed by atoms with Gasteiger partial charge in [0.1, 0.15) is 0 Å². The zero-order valence-electron chi connectivity index (χ0n) is 8.96. The van der Waals surface area contributed by atoms with Crippen molar-refractivity contribution in [2.45, 2.75) is 13.8 Å². The van der Waals surface area contributed by atoms with Crippen LogP contribution in [0.1, 0.15) is 19.4 Å². The van der Waals surface area contributed by atoms with Crippen LogP contribution in [0.15, 0.2) is 30.8 Å². The zero-order valence-corrected chi connectivity index (χ0v) is 9.96. The van der Waals surface area contributed by atoms with Crippen molar-refractivity contribution >= 4 is 20.9 Å². The average molecular weight is 203 g/mol. The zero-order chi connectivity index (χ0) is 10.4. The van der Waals surface area contributed by atoms with Crippen LogP contribution in [0.4, 0.5) is 0 Å². The fraction of sp³-hybridized carbons (Fsp3) is 0.333. The molecule has 74 valence electrons. The van der Waals surface area contributed by atoms with Gasteiger partial charge in [-0.15, -0.1) is 0 Å². The van der Waals surface area contributed by atoms with Crippen LogP contribution in [-0.4, -0.2) is 27.3 Å². The molecule has 0 N–H and O–H groups in total. The number of nitrogens with zero attached hydrogens (tertiary/aromatic N) is 1. The summed E-state index contributed by atoms with van der Waals surface area (Å²) >= 11 is 0. The van der Waals surface area contributed by atoms with Gasteiger partial charge in [0, 0.05) is 0 Å². The van der Waals surface area contributed by atoms with Gasteiger partial charge in [-0.25, -0.2) is 0 Å². The summed E-state index contributed by atoms with van der Waals surface area (Å²) in [5, 5.41) is 1.39. The third kappa shape index (κ3) is 3.12. The molecule has 0 amide bonds. The Morgan fingerprint density at radius 1 is 1.36 bits per heavy atom. The molecule has 1 aromatic rings. The molecule has 0 aliphatic carbocycles. The van der Waals surface area contributed by atoms with E-state index < -0.39 is 0 Å². The molecule has 1 nitrogen and oxygen atoms in total. The molecule has 14 heavy (non-hydrogen) atoms. The third-order valence-corrected chi connectivity index (χ3v) is 3.69. The molecule has 2 heteroatoms. The van der Waals surface area contributed by atoms with E-state index in [1.807, 2.05) is 6.08 Å². The van der Waals surface area contributed by atoms with Gasteiger partial charge in [0.05, 0.1) is 0 Å². The summed E-state index contributed by atoms with van der Waals surface area (Å²) in [7, 11) is 0.781. The van der Waals surface area contributed by atoms with Crippen molar-refractivity contribution < 1.29 is 0 Å². The first kappa shape index (κ1) is 11.2. The van der Waals surface area contributed by atoms with Crippen LogP contribution in [-0.2, 0) is 0 Å². The number of hydrogen-bond acceptors (Lipinski definition) is 1. The molecule has 0 atom stereocenters. The molecule has 0 aliphatic rings. The van der Waals surface area contributed by atoms with Crippen LogP contribution in [0.3, 0.4) is 0 Å². The molecular formula is C12H17NSi. The highest BCUT2D eigenvalue weighted by Gasteiger charge is 2.02. The second-order valence-corrected chi connectivity index (χ2v) is 4.55. The second kappa shape index (κ2) is 5.78.